The van der Waals surface area contributed by atoms with Crippen molar-refractivity contribution in [3.63, 3.8) is 0 Å². The van der Waals surface area contributed by atoms with Crippen molar-refractivity contribution < 1.29 is 4.79 Å². The molecule has 27 heavy (non-hydrogen) atoms. The van der Waals surface area contributed by atoms with Gasteiger partial charge in [-0.15, -0.1) is 0 Å². The molecule has 0 radical (unpaired) electrons. The summed E-state index contributed by atoms with van der Waals surface area (Å²) < 4.78 is 1.99. The topological polar surface area (TPSA) is 75.9 Å². The first-order valence-corrected chi connectivity index (χ1v) is 9.70. The molecule has 7 nitrogen and oxygen atoms in total. The molecule has 0 saturated carbocycles. The minimum Gasteiger partial charge on any atom is -0.346 e. The molecule has 2 aromatic heterocycles. The summed E-state index contributed by atoms with van der Waals surface area (Å²) in [6.07, 6.45) is 8.98. The molecule has 1 saturated heterocycles. The summed E-state index contributed by atoms with van der Waals surface area (Å²) in [5.41, 5.74) is 1.15. The minimum atomic E-state index is -0.154. The molecule has 0 aromatic carbocycles. The molecule has 1 aliphatic heterocycles. The number of nitrogens with zero attached hydrogens (tertiary/aromatic N) is 5. The summed E-state index contributed by atoms with van der Waals surface area (Å²) in [4.78, 5) is 28.4. The maximum atomic E-state index is 13.0. The van der Waals surface area contributed by atoms with Gasteiger partial charge in [-0.25, -0.2) is 15.0 Å². The number of carbonyl (C=O) groups is 1. The summed E-state index contributed by atoms with van der Waals surface area (Å²) >= 11 is 0. The van der Waals surface area contributed by atoms with Crippen molar-refractivity contribution >= 4 is 11.9 Å². The number of aromatic nitrogens is 4. The molecule has 0 aliphatic carbocycles. The monoisotopic (exact) mass is 370 g/mol. The Kier molecular flexibility index (Phi) is 5.77. The highest BCUT2D eigenvalue weighted by atomic mass is 16.2. The van der Waals surface area contributed by atoms with Crippen LogP contribution in [-0.2, 0) is 6.54 Å². The second kappa shape index (κ2) is 8.06. The fourth-order valence-corrected chi connectivity index (χ4v) is 3.28. The molecule has 0 spiro atoms. The number of nitrogens with one attached hydrogen (secondary N) is 1. The Morgan fingerprint density at radius 3 is 2.59 bits per heavy atom. The molecule has 1 N–H and O–H groups in total. The van der Waals surface area contributed by atoms with Crippen LogP contribution in [0.4, 0.5) is 5.95 Å². The van der Waals surface area contributed by atoms with Gasteiger partial charge in [-0.3, -0.25) is 4.79 Å². The molecular weight excluding hydrogens is 340 g/mol. The summed E-state index contributed by atoms with van der Waals surface area (Å²) in [5, 5.41) is 3.17. The van der Waals surface area contributed by atoms with E-state index in [0.29, 0.717) is 18.2 Å². The van der Waals surface area contributed by atoms with E-state index >= 15 is 0 Å². The van der Waals surface area contributed by atoms with E-state index in [1.807, 2.05) is 17.7 Å². The molecule has 3 heterocycles. The predicted molar refractivity (Wildman–Crippen MR) is 106 cm³/mol. The van der Waals surface area contributed by atoms with Gasteiger partial charge in [0, 0.05) is 37.7 Å². The van der Waals surface area contributed by atoms with Crippen molar-refractivity contribution in [1.82, 2.24) is 24.8 Å². The van der Waals surface area contributed by atoms with Crippen molar-refractivity contribution in [2.75, 3.05) is 18.0 Å². The number of carbonyl (C=O) groups excluding carboxylic acids is 1. The number of hydrogen-bond acceptors (Lipinski definition) is 5. The maximum Gasteiger partial charge on any atom is 0.270 e. The standard InChI is InChI=1S/C20H30N6O/c1-15-12-16(23-19(22-15)26-9-6-5-7-10-26)18(27)24-17(20(2,3)4)13-25-11-8-21-14-25/h8,11-12,14,17H,5-7,9-10,13H2,1-4H3,(H,24,27). The Hall–Kier alpha value is -2.44. The summed E-state index contributed by atoms with van der Waals surface area (Å²) in [7, 11) is 0. The Morgan fingerprint density at radius 2 is 1.96 bits per heavy atom. The SMILES string of the molecule is Cc1cc(C(=O)NC(Cn2ccnc2)C(C)(C)C)nc(N2CCCCC2)n1. The average Bonchev–Trinajstić information content (AvgIpc) is 3.14. The first kappa shape index (κ1) is 19.3. The van der Waals surface area contributed by atoms with E-state index in [-0.39, 0.29) is 17.4 Å². The minimum absolute atomic E-state index is 0.0482. The lowest BCUT2D eigenvalue weighted by atomic mass is 9.86. The largest absolute Gasteiger partial charge is 0.346 e. The second-order valence-corrected chi connectivity index (χ2v) is 8.39. The van der Waals surface area contributed by atoms with Crippen molar-refractivity contribution in [3.05, 3.63) is 36.2 Å². The number of imidazole rings is 1. The molecule has 2 aromatic rings. The van der Waals surface area contributed by atoms with Crippen LogP contribution in [0, 0.1) is 12.3 Å². The molecular formula is C20H30N6O. The third kappa shape index (κ3) is 5.05. The van der Waals surface area contributed by atoms with E-state index < -0.39 is 0 Å². The Balaban J connectivity index is 1.78. The van der Waals surface area contributed by atoms with Crippen LogP contribution in [0.3, 0.4) is 0 Å². The highest BCUT2D eigenvalue weighted by Gasteiger charge is 2.28. The van der Waals surface area contributed by atoms with Crippen LogP contribution in [0.1, 0.15) is 56.2 Å². The van der Waals surface area contributed by atoms with Gasteiger partial charge in [0.25, 0.3) is 5.91 Å². The molecule has 0 bridgehead atoms. The predicted octanol–water partition coefficient (Wildman–Crippen LogP) is 2.82. The van der Waals surface area contributed by atoms with E-state index in [9.17, 15) is 4.79 Å². The van der Waals surface area contributed by atoms with Crippen molar-refractivity contribution in [3.8, 4) is 0 Å². The van der Waals surface area contributed by atoms with Gasteiger partial charge in [-0.2, -0.15) is 0 Å². The van der Waals surface area contributed by atoms with Gasteiger partial charge in [0.05, 0.1) is 12.4 Å². The van der Waals surface area contributed by atoms with E-state index in [1.165, 1.54) is 6.42 Å². The fourth-order valence-electron chi connectivity index (χ4n) is 3.28. The van der Waals surface area contributed by atoms with Crippen LogP contribution >= 0.6 is 0 Å². The summed E-state index contributed by atoms with van der Waals surface area (Å²) in [6, 6.07) is 1.72. The van der Waals surface area contributed by atoms with E-state index in [4.69, 9.17) is 0 Å². The number of rotatable bonds is 5. The van der Waals surface area contributed by atoms with Crippen LogP contribution in [0.5, 0.6) is 0 Å². The van der Waals surface area contributed by atoms with Crippen LogP contribution in [0.2, 0.25) is 0 Å². The fraction of sp³-hybridized carbons (Fsp3) is 0.600. The quantitative estimate of drug-likeness (QED) is 0.876. The molecule has 1 aliphatic rings. The first-order valence-electron chi connectivity index (χ1n) is 9.70. The highest BCUT2D eigenvalue weighted by Crippen LogP contribution is 2.22. The summed E-state index contributed by atoms with van der Waals surface area (Å²) in [5.74, 6) is 0.514. The van der Waals surface area contributed by atoms with Crippen molar-refractivity contribution in [1.29, 1.82) is 0 Å². The van der Waals surface area contributed by atoms with Crippen molar-refractivity contribution in [2.24, 2.45) is 5.41 Å². The molecule has 146 valence electrons. The van der Waals surface area contributed by atoms with Gasteiger partial charge >= 0.3 is 0 Å². The van der Waals surface area contributed by atoms with E-state index in [0.717, 1.165) is 31.6 Å². The first-order chi connectivity index (χ1) is 12.8. The third-order valence-electron chi connectivity index (χ3n) is 5.02. The lowest BCUT2D eigenvalue weighted by Crippen LogP contribution is -2.46. The van der Waals surface area contributed by atoms with Crippen molar-refractivity contribution in [2.45, 2.75) is 59.5 Å². The smallest absolute Gasteiger partial charge is 0.270 e. The number of aryl methyl sites for hydroxylation is 1. The number of piperidine rings is 1. The zero-order valence-corrected chi connectivity index (χ0v) is 16.8. The van der Waals surface area contributed by atoms with Crippen LogP contribution in [0.15, 0.2) is 24.8 Å². The zero-order chi connectivity index (χ0) is 19.4. The van der Waals surface area contributed by atoms with Gasteiger partial charge in [0.1, 0.15) is 5.69 Å². The third-order valence-corrected chi connectivity index (χ3v) is 5.02. The molecule has 7 heteroatoms. The molecule has 1 amide bonds. The summed E-state index contributed by atoms with van der Waals surface area (Å²) in [6.45, 7) is 10.9. The Labute approximate surface area is 161 Å². The second-order valence-electron chi connectivity index (χ2n) is 8.39. The zero-order valence-electron chi connectivity index (χ0n) is 16.8. The highest BCUT2D eigenvalue weighted by molar-refractivity contribution is 5.92. The number of anilines is 1. The van der Waals surface area contributed by atoms with E-state index in [1.54, 1.807) is 18.6 Å². The Morgan fingerprint density at radius 1 is 1.22 bits per heavy atom. The molecule has 3 rings (SSSR count). The van der Waals surface area contributed by atoms with E-state index in [2.05, 4.69) is 45.9 Å². The maximum absolute atomic E-state index is 13.0. The molecule has 1 fully saturated rings. The van der Waals surface area contributed by atoms with Gasteiger partial charge in [0.2, 0.25) is 5.95 Å². The number of amides is 1. The molecule has 1 atom stereocenters. The van der Waals surface area contributed by atoms with Crippen LogP contribution in [0.25, 0.3) is 0 Å². The average molecular weight is 371 g/mol. The number of hydrogen-bond donors (Lipinski definition) is 1. The Bertz CT molecular complexity index is 759. The van der Waals surface area contributed by atoms with Gasteiger partial charge in [0.15, 0.2) is 0 Å². The van der Waals surface area contributed by atoms with Crippen LogP contribution in [-0.4, -0.2) is 44.6 Å². The van der Waals surface area contributed by atoms with Gasteiger partial charge in [-0.1, -0.05) is 20.8 Å². The van der Waals surface area contributed by atoms with Crippen LogP contribution < -0.4 is 10.2 Å². The lowest BCUT2D eigenvalue weighted by Gasteiger charge is -2.32. The lowest BCUT2D eigenvalue weighted by molar-refractivity contribution is 0.0887. The molecule has 1 unspecified atom stereocenters. The van der Waals surface area contributed by atoms with Gasteiger partial charge in [-0.05, 0) is 37.7 Å². The normalized spacial score (nSPS) is 16.2. The van der Waals surface area contributed by atoms with Gasteiger partial charge < -0.3 is 14.8 Å².